The Morgan fingerprint density at radius 1 is 1.00 bits per heavy atom. The van der Waals surface area contributed by atoms with Crippen molar-refractivity contribution in [1.82, 2.24) is 5.32 Å². The van der Waals surface area contributed by atoms with E-state index in [-0.39, 0.29) is 0 Å². The van der Waals surface area contributed by atoms with E-state index in [2.05, 4.69) is 64.3 Å². The summed E-state index contributed by atoms with van der Waals surface area (Å²) in [5.41, 5.74) is 0. The Morgan fingerprint density at radius 2 is 1.68 bits per heavy atom. The van der Waals surface area contributed by atoms with Gasteiger partial charge in [-0.1, -0.05) is 65.5 Å². The van der Waals surface area contributed by atoms with Crippen molar-refractivity contribution < 1.29 is 0 Å². The van der Waals surface area contributed by atoms with Crippen LogP contribution in [0.15, 0.2) is 0 Å². The Balaban J connectivity index is 1.71. The topological polar surface area (TPSA) is 12.0 Å². The van der Waals surface area contributed by atoms with E-state index in [4.69, 9.17) is 0 Å². The zero-order valence-electron chi connectivity index (χ0n) is 12.4. The summed E-state index contributed by atoms with van der Waals surface area (Å²) in [7, 11) is 0. The molecule has 2 rings (SSSR count). The molecule has 0 aromatic heterocycles. The van der Waals surface area contributed by atoms with E-state index in [9.17, 15) is 0 Å². The maximum Gasteiger partial charge on any atom is 0.0750 e. The minimum Gasteiger partial charge on any atom is -0.315 e. The lowest BCUT2D eigenvalue weighted by Crippen LogP contribution is -2.25. The van der Waals surface area contributed by atoms with Gasteiger partial charge >= 0.3 is 0 Å². The maximum absolute atomic E-state index is 3.66. The Hall–Kier alpha value is 1.42. The first-order valence-corrected chi connectivity index (χ1v) is 10.5. The van der Waals surface area contributed by atoms with Gasteiger partial charge < -0.3 is 5.32 Å². The van der Waals surface area contributed by atoms with Crippen LogP contribution in [0, 0.1) is 29.6 Å². The Morgan fingerprint density at radius 3 is 2.37 bits per heavy atom. The molecule has 3 heteroatoms. The van der Waals surface area contributed by atoms with E-state index in [1.54, 1.807) is 6.42 Å². The van der Waals surface area contributed by atoms with Crippen LogP contribution < -0.4 is 5.32 Å². The lowest BCUT2D eigenvalue weighted by molar-refractivity contribution is 0.188. The maximum atomic E-state index is 3.66. The molecule has 0 aromatic rings. The molecule has 2 saturated carbocycles. The molecule has 4 unspecified atom stereocenters. The van der Waals surface area contributed by atoms with Crippen molar-refractivity contribution in [2.75, 3.05) is 13.1 Å². The highest BCUT2D eigenvalue weighted by Gasteiger charge is 2.38. The third-order valence-corrected chi connectivity index (χ3v) is 5.94. The van der Waals surface area contributed by atoms with E-state index in [0.717, 1.165) is 31.5 Å². The average Bonchev–Trinajstić information content (AvgIpc) is 2.69. The monoisotopic (exact) mass is 489 g/mol. The molecule has 1 N–H and O–H groups in total. The standard InChI is InChI=1S/C16H29I2N/c1-11(2)5-12-3-4-14-7-13(8-15(14)6-12)9-19-10-16(17)18/h11-16,19H,3-10H2,1-2H3. The smallest absolute Gasteiger partial charge is 0.0750 e. The lowest BCUT2D eigenvalue weighted by atomic mass is 9.73. The molecular weight excluding hydrogens is 460 g/mol. The highest BCUT2D eigenvalue weighted by molar-refractivity contribution is 14.2. The molecule has 0 bridgehead atoms. The van der Waals surface area contributed by atoms with Gasteiger partial charge in [-0.25, -0.2) is 0 Å². The first kappa shape index (κ1) is 16.8. The van der Waals surface area contributed by atoms with Gasteiger partial charge in [0.15, 0.2) is 0 Å². The summed E-state index contributed by atoms with van der Waals surface area (Å²) in [6, 6.07) is 0. The summed E-state index contributed by atoms with van der Waals surface area (Å²) in [6.07, 6.45) is 9.08. The Kier molecular flexibility index (Phi) is 7.21. The molecule has 0 radical (unpaired) electrons. The second kappa shape index (κ2) is 8.16. The zero-order valence-corrected chi connectivity index (χ0v) is 16.7. The summed E-state index contributed by atoms with van der Waals surface area (Å²) in [5.74, 6) is 5.05. The summed E-state index contributed by atoms with van der Waals surface area (Å²) in [5, 5.41) is 3.66. The van der Waals surface area contributed by atoms with E-state index < -0.39 is 0 Å². The molecule has 0 heterocycles. The van der Waals surface area contributed by atoms with Gasteiger partial charge in [-0.15, -0.1) is 0 Å². The summed E-state index contributed by atoms with van der Waals surface area (Å²) < 4.78 is 0.731. The first-order chi connectivity index (χ1) is 9.04. The van der Waals surface area contributed by atoms with Crippen LogP contribution in [0.4, 0.5) is 0 Å². The third kappa shape index (κ3) is 5.61. The molecule has 1 nitrogen and oxygen atoms in total. The van der Waals surface area contributed by atoms with Gasteiger partial charge in [-0.05, 0) is 68.2 Å². The summed E-state index contributed by atoms with van der Waals surface area (Å²) >= 11 is 5.00. The van der Waals surface area contributed by atoms with E-state index in [1.165, 1.54) is 45.2 Å². The summed E-state index contributed by atoms with van der Waals surface area (Å²) in [4.78, 5) is 0. The van der Waals surface area contributed by atoms with Crippen LogP contribution in [-0.2, 0) is 0 Å². The molecule has 19 heavy (non-hydrogen) atoms. The lowest BCUT2D eigenvalue weighted by Gasteiger charge is -2.32. The second-order valence-electron chi connectivity index (χ2n) is 7.22. The molecule has 0 amide bonds. The minimum absolute atomic E-state index is 0.731. The van der Waals surface area contributed by atoms with Crippen molar-refractivity contribution in [2.45, 2.75) is 54.3 Å². The minimum atomic E-state index is 0.731. The molecule has 4 atom stereocenters. The highest BCUT2D eigenvalue weighted by Crippen LogP contribution is 2.47. The average molecular weight is 489 g/mol. The Bertz CT molecular complexity index is 267. The van der Waals surface area contributed by atoms with Crippen LogP contribution in [0.2, 0.25) is 0 Å². The number of halogens is 2. The molecule has 2 aliphatic rings. The van der Waals surface area contributed by atoms with Gasteiger partial charge in [0.1, 0.15) is 0 Å². The molecule has 112 valence electrons. The fraction of sp³-hybridized carbons (Fsp3) is 1.00. The van der Waals surface area contributed by atoms with Crippen molar-refractivity contribution in [2.24, 2.45) is 29.6 Å². The largest absolute Gasteiger partial charge is 0.315 e. The fourth-order valence-electron chi connectivity index (χ4n) is 4.42. The molecular formula is C16H29I2N. The van der Waals surface area contributed by atoms with Crippen LogP contribution in [0.3, 0.4) is 0 Å². The van der Waals surface area contributed by atoms with Gasteiger partial charge in [-0.3, -0.25) is 0 Å². The molecule has 0 saturated heterocycles. The fourth-order valence-corrected chi connectivity index (χ4v) is 5.04. The van der Waals surface area contributed by atoms with E-state index in [0.29, 0.717) is 0 Å². The van der Waals surface area contributed by atoms with E-state index in [1.807, 2.05) is 0 Å². The number of alkyl halides is 2. The van der Waals surface area contributed by atoms with Crippen molar-refractivity contribution in [1.29, 1.82) is 0 Å². The van der Waals surface area contributed by atoms with Gasteiger partial charge in [0.2, 0.25) is 0 Å². The van der Waals surface area contributed by atoms with Crippen molar-refractivity contribution in [3.63, 3.8) is 0 Å². The summed E-state index contributed by atoms with van der Waals surface area (Å²) in [6.45, 7) is 7.21. The van der Waals surface area contributed by atoms with Crippen LogP contribution >= 0.6 is 45.2 Å². The SMILES string of the molecule is CC(C)CC1CCC2CC(CNCC(I)I)CC2C1. The number of hydrogen-bond donors (Lipinski definition) is 1. The quantitative estimate of drug-likeness (QED) is 0.397. The molecule has 2 fully saturated rings. The predicted molar refractivity (Wildman–Crippen MR) is 101 cm³/mol. The predicted octanol–water partition coefficient (Wildman–Crippen LogP) is 5.26. The van der Waals surface area contributed by atoms with Crippen LogP contribution in [-0.4, -0.2) is 15.0 Å². The molecule has 0 aliphatic heterocycles. The van der Waals surface area contributed by atoms with Crippen molar-refractivity contribution >= 4 is 45.2 Å². The van der Waals surface area contributed by atoms with Crippen LogP contribution in [0.25, 0.3) is 0 Å². The van der Waals surface area contributed by atoms with Crippen molar-refractivity contribution in [3.05, 3.63) is 0 Å². The normalized spacial score (nSPS) is 35.1. The number of rotatable bonds is 6. The van der Waals surface area contributed by atoms with E-state index >= 15 is 0 Å². The van der Waals surface area contributed by atoms with Crippen LogP contribution in [0.1, 0.15) is 52.4 Å². The highest BCUT2D eigenvalue weighted by atomic mass is 127. The molecule has 0 spiro atoms. The zero-order chi connectivity index (χ0) is 13.8. The second-order valence-corrected chi connectivity index (χ2v) is 12.6. The first-order valence-electron chi connectivity index (χ1n) is 8.03. The van der Waals surface area contributed by atoms with Gasteiger partial charge in [0.05, 0.1) is 1.93 Å². The third-order valence-electron chi connectivity index (χ3n) is 5.06. The van der Waals surface area contributed by atoms with Gasteiger partial charge in [0, 0.05) is 6.54 Å². The Labute approximate surface area is 146 Å². The number of fused-ring (bicyclic) bond motifs is 1. The molecule has 0 aromatic carbocycles. The number of hydrogen-bond acceptors (Lipinski definition) is 1. The number of nitrogens with one attached hydrogen (secondary N) is 1. The van der Waals surface area contributed by atoms with Gasteiger partial charge in [0.25, 0.3) is 0 Å². The van der Waals surface area contributed by atoms with Crippen molar-refractivity contribution in [3.8, 4) is 0 Å². The van der Waals surface area contributed by atoms with Crippen LogP contribution in [0.5, 0.6) is 0 Å². The van der Waals surface area contributed by atoms with Gasteiger partial charge in [-0.2, -0.15) is 0 Å². The molecule has 2 aliphatic carbocycles.